The van der Waals surface area contributed by atoms with E-state index in [-0.39, 0.29) is 11.5 Å². The van der Waals surface area contributed by atoms with Gasteiger partial charge in [0.05, 0.1) is 5.56 Å². The monoisotopic (exact) mass is 361 g/mol. The highest BCUT2D eigenvalue weighted by atomic mass is 32.1. The van der Waals surface area contributed by atoms with Crippen LogP contribution in [-0.2, 0) is 4.79 Å². The van der Waals surface area contributed by atoms with Crippen molar-refractivity contribution in [3.8, 4) is 11.5 Å². The van der Waals surface area contributed by atoms with Gasteiger partial charge in [-0.25, -0.2) is 0 Å². The minimum Gasteiger partial charge on any atom is -0.486 e. The first-order chi connectivity index (χ1) is 12.0. The fourth-order valence-corrected chi connectivity index (χ4v) is 2.94. The Morgan fingerprint density at radius 1 is 1.00 bits per heavy atom. The van der Waals surface area contributed by atoms with Crippen molar-refractivity contribution in [3.63, 3.8) is 0 Å². The quantitative estimate of drug-likeness (QED) is 0.720. The van der Waals surface area contributed by atoms with Crippen LogP contribution in [0, 0.1) is 0 Å². The molecule has 8 nitrogen and oxygen atoms in total. The molecule has 2 aromatic rings. The summed E-state index contributed by atoms with van der Waals surface area (Å²) >= 11 is 1.20. The SMILES string of the molecule is CC(=O)NNC(=O)c1ccsc1NC(=O)c1ccc2c(c1)OCCO2. The Morgan fingerprint density at radius 3 is 2.52 bits per heavy atom. The number of nitrogens with one attached hydrogen (secondary N) is 3. The van der Waals surface area contributed by atoms with Crippen LogP contribution in [0.15, 0.2) is 29.6 Å². The molecule has 0 fully saturated rings. The van der Waals surface area contributed by atoms with E-state index in [1.807, 2.05) is 0 Å². The molecular weight excluding hydrogens is 346 g/mol. The smallest absolute Gasteiger partial charge is 0.272 e. The minimum absolute atomic E-state index is 0.254. The van der Waals surface area contributed by atoms with E-state index in [0.29, 0.717) is 35.3 Å². The number of amides is 3. The molecule has 2 heterocycles. The normalized spacial score (nSPS) is 12.2. The molecule has 1 aliphatic heterocycles. The summed E-state index contributed by atoms with van der Waals surface area (Å²) in [7, 11) is 0. The zero-order valence-electron chi connectivity index (χ0n) is 13.3. The van der Waals surface area contributed by atoms with Gasteiger partial charge in [-0.3, -0.25) is 25.2 Å². The van der Waals surface area contributed by atoms with Gasteiger partial charge in [0.25, 0.3) is 11.8 Å². The first kappa shape index (κ1) is 16.8. The third-order valence-corrected chi connectivity index (χ3v) is 4.12. The maximum absolute atomic E-state index is 12.4. The Hall–Kier alpha value is -3.07. The van der Waals surface area contributed by atoms with Gasteiger partial charge in [0.15, 0.2) is 11.5 Å². The van der Waals surface area contributed by atoms with Gasteiger partial charge >= 0.3 is 0 Å². The first-order valence-electron chi connectivity index (χ1n) is 7.40. The van der Waals surface area contributed by atoms with E-state index in [9.17, 15) is 14.4 Å². The number of ether oxygens (including phenoxy) is 2. The number of anilines is 1. The van der Waals surface area contributed by atoms with Crippen molar-refractivity contribution in [3.05, 3.63) is 40.8 Å². The lowest BCUT2D eigenvalue weighted by Gasteiger charge is -2.18. The van der Waals surface area contributed by atoms with Crippen molar-refractivity contribution < 1.29 is 23.9 Å². The fourth-order valence-electron chi connectivity index (χ4n) is 2.16. The molecule has 1 aromatic heterocycles. The molecule has 0 spiro atoms. The summed E-state index contributed by atoms with van der Waals surface area (Å²) in [6.45, 7) is 2.18. The average Bonchev–Trinajstić information content (AvgIpc) is 3.07. The molecule has 3 rings (SSSR count). The number of carbonyl (C=O) groups excluding carboxylic acids is 3. The number of benzene rings is 1. The van der Waals surface area contributed by atoms with E-state index in [0.717, 1.165) is 0 Å². The third kappa shape index (κ3) is 3.89. The zero-order chi connectivity index (χ0) is 17.8. The molecule has 0 atom stereocenters. The molecule has 25 heavy (non-hydrogen) atoms. The summed E-state index contributed by atoms with van der Waals surface area (Å²) in [4.78, 5) is 35.3. The number of hydrogen-bond donors (Lipinski definition) is 3. The zero-order valence-corrected chi connectivity index (χ0v) is 14.1. The number of hydrazine groups is 1. The van der Waals surface area contributed by atoms with Crippen LogP contribution in [0.25, 0.3) is 0 Å². The number of rotatable bonds is 3. The lowest BCUT2D eigenvalue weighted by Crippen LogP contribution is -2.40. The van der Waals surface area contributed by atoms with Crippen LogP contribution in [-0.4, -0.2) is 30.9 Å². The van der Waals surface area contributed by atoms with Crippen LogP contribution < -0.4 is 25.6 Å². The number of fused-ring (bicyclic) bond motifs is 1. The van der Waals surface area contributed by atoms with Gasteiger partial charge in [0, 0.05) is 12.5 Å². The predicted octanol–water partition coefficient (Wildman–Crippen LogP) is 1.55. The van der Waals surface area contributed by atoms with Gasteiger partial charge in [-0.15, -0.1) is 11.3 Å². The second kappa shape index (κ2) is 7.22. The summed E-state index contributed by atoms with van der Waals surface area (Å²) in [6.07, 6.45) is 0. The molecule has 3 amide bonds. The Balaban J connectivity index is 1.72. The van der Waals surface area contributed by atoms with E-state index in [2.05, 4.69) is 16.2 Å². The van der Waals surface area contributed by atoms with E-state index in [1.54, 1.807) is 29.6 Å². The lowest BCUT2D eigenvalue weighted by atomic mass is 10.2. The lowest BCUT2D eigenvalue weighted by molar-refractivity contribution is -0.119. The predicted molar refractivity (Wildman–Crippen MR) is 91.0 cm³/mol. The number of carbonyl (C=O) groups is 3. The fraction of sp³-hybridized carbons (Fsp3) is 0.188. The second-order valence-corrected chi connectivity index (χ2v) is 6.03. The Bertz CT molecular complexity index is 833. The van der Waals surface area contributed by atoms with Gasteiger partial charge in [-0.1, -0.05) is 0 Å². The average molecular weight is 361 g/mol. The molecule has 0 aliphatic carbocycles. The highest BCUT2D eigenvalue weighted by Gasteiger charge is 2.18. The van der Waals surface area contributed by atoms with Crippen LogP contribution >= 0.6 is 11.3 Å². The van der Waals surface area contributed by atoms with Gasteiger partial charge in [-0.2, -0.15) is 0 Å². The van der Waals surface area contributed by atoms with Crippen molar-refractivity contribution in [2.75, 3.05) is 18.5 Å². The summed E-state index contributed by atoms with van der Waals surface area (Å²) in [5.74, 6) is -0.199. The van der Waals surface area contributed by atoms with Gasteiger partial charge in [-0.05, 0) is 29.6 Å². The highest BCUT2D eigenvalue weighted by Crippen LogP contribution is 2.31. The largest absolute Gasteiger partial charge is 0.486 e. The molecule has 3 N–H and O–H groups in total. The topological polar surface area (TPSA) is 106 Å². The number of thiophene rings is 1. The van der Waals surface area contributed by atoms with Crippen LogP contribution in [0.3, 0.4) is 0 Å². The maximum atomic E-state index is 12.4. The van der Waals surface area contributed by atoms with E-state index < -0.39 is 11.8 Å². The van der Waals surface area contributed by atoms with Crippen LogP contribution in [0.1, 0.15) is 27.6 Å². The number of hydrogen-bond acceptors (Lipinski definition) is 6. The molecule has 0 saturated carbocycles. The maximum Gasteiger partial charge on any atom is 0.272 e. The second-order valence-electron chi connectivity index (χ2n) is 5.11. The Morgan fingerprint density at radius 2 is 1.76 bits per heavy atom. The minimum atomic E-state index is -0.520. The molecule has 0 radical (unpaired) electrons. The van der Waals surface area contributed by atoms with Gasteiger partial charge < -0.3 is 14.8 Å². The summed E-state index contributed by atoms with van der Waals surface area (Å²) in [5.41, 5.74) is 5.10. The van der Waals surface area contributed by atoms with Crippen molar-refractivity contribution in [2.45, 2.75) is 6.92 Å². The van der Waals surface area contributed by atoms with Crippen LogP contribution in [0.2, 0.25) is 0 Å². The van der Waals surface area contributed by atoms with Gasteiger partial charge in [0.1, 0.15) is 18.2 Å². The first-order valence-corrected chi connectivity index (χ1v) is 8.28. The van der Waals surface area contributed by atoms with Crippen molar-refractivity contribution in [1.82, 2.24) is 10.9 Å². The highest BCUT2D eigenvalue weighted by molar-refractivity contribution is 7.14. The molecule has 1 aromatic carbocycles. The van der Waals surface area contributed by atoms with E-state index in [1.165, 1.54) is 18.3 Å². The van der Waals surface area contributed by atoms with E-state index in [4.69, 9.17) is 9.47 Å². The Labute approximate surface area is 147 Å². The van der Waals surface area contributed by atoms with Crippen molar-refractivity contribution >= 4 is 34.1 Å². The van der Waals surface area contributed by atoms with Crippen molar-refractivity contribution in [1.29, 1.82) is 0 Å². The molecule has 0 bridgehead atoms. The van der Waals surface area contributed by atoms with Crippen LogP contribution in [0.5, 0.6) is 11.5 Å². The summed E-state index contributed by atoms with van der Waals surface area (Å²) < 4.78 is 10.9. The molecule has 1 aliphatic rings. The van der Waals surface area contributed by atoms with Gasteiger partial charge in [0.2, 0.25) is 5.91 Å². The van der Waals surface area contributed by atoms with Crippen LogP contribution in [0.4, 0.5) is 5.00 Å². The molecular formula is C16H15N3O5S. The van der Waals surface area contributed by atoms with E-state index >= 15 is 0 Å². The molecule has 9 heteroatoms. The molecule has 130 valence electrons. The Kier molecular flexibility index (Phi) is 4.85. The summed E-state index contributed by atoms with van der Waals surface area (Å²) in [6, 6.07) is 6.44. The third-order valence-electron chi connectivity index (χ3n) is 3.29. The van der Waals surface area contributed by atoms with Crippen molar-refractivity contribution in [2.24, 2.45) is 0 Å². The standard InChI is InChI=1S/C16H15N3O5S/c1-9(20)18-19-15(22)11-4-7-25-16(11)17-14(21)10-2-3-12-13(8-10)24-6-5-23-12/h2-4,7-8H,5-6H2,1H3,(H,17,21)(H,18,20)(H,19,22). The summed E-state index contributed by atoms with van der Waals surface area (Å²) in [5, 5.41) is 4.74. The molecule has 0 unspecified atom stereocenters. The molecule has 0 saturated heterocycles.